The first kappa shape index (κ1) is 15.6. The van der Waals surface area contributed by atoms with Crippen molar-refractivity contribution in [3.05, 3.63) is 64.3 Å². The number of fused-ring (bicyclic) bond motifs is 1. The van der Waals surface area contributed by atoms with Gasteiger partial charge in [-0.1, -0.05) is 35.9 Å². The molecule has 1 heterocycles. The van der Waals surface area contributed by atoms with Crippen molar-refractivity contribution in [2.45, 2.75) is 27.3 Å². The number of hydrogen-bond donors (Lipinski definition) is 1. The number of nitrogens with zero attached hydrogens (tertiary/aromatic N) is 2. The van der Waals surface area contributed by atoms with Crippen LogP contribution < -0.4 is 5.43 Å². The van der Waals surface area contributed by atoms with Crippen LogP contribution in [0.5, 0.6) is 0 Å². The molecule has 0 saturated heterocycles. The molecule has 0 aliphatic heterocycles. The molecule has 0 aliphatic rings. The maximum absolute atomic E-state index is 6.14. The predicted octanol–water partition coefficient (Wildman–Crippen LogP) is 5.38. The monoisotopic (exact) mass is 325 g/mol. The summed E-state index contributed by atoms with van der Waals surface area (Å²) in [6, 6.07) is 14.3. The number of hydrazone groups is 1. The van der Waals surface area contributed by atoms with Gasteiger partial charge in [0.2, 0.25) is 0 Å². The van der Waals surface area contributed by atoms with Gasteiger partial charge in [0.25, 0.3) is 0 Å². The Bertz CT molecular complexity index is 878. The molecule has 4 heteroatoms. The largest absolute Gasteiger partial charge is 0.344 e. The van der Waals surface area contributed by atoms with E-state index in [-0.39, 0.29) is 0 Å². The second-order valence-corrected chi connectivity index (χ2v) is 6.00. The van der Waals surface area contributed by atoms with Crippen molar-refractivity contribution < 1.29 is 0 Å². The first-order chi connectivity index (χ1) is 11.1. The van der Waals surface area contributed by atoms with Gasteiger partial charge in [-0.2, -0.15) is 5.10 Å². The minimum absolute atomic E-state index is 0.740. The van der Waals surface area contributed by atoms with Crippen LogP contribution in [-0.2, 0) is 6.54 Å². The summed E-state index contributed by atoms with van der Waals surface area (Å²) in [5, 5.41) is 6.36. The van der Waals surface area contributed by atoms with Crippen molar-refractivity contribution in [2.24, 2.45) is 5.10 Å². The van der Waals surface area contributed by atoms with Crippen LogP contribution in [0.25, 0.3) is 10.9 Å². The van der Waals surface area contributed by atoms with Gasteiger partial charge in [0, 0.05) is 33.7 Å². The highest BCUT2D eigenvalue weighted by atomic mass is 35.5. The molecule has 3 nitrogen and oxygen atoms in total. The topological polar surface area (TPSA) is 29.3 Å². The molecule has 0 bridgehead atoms. The van der Waals surface area contributed by atoms with Crippen LogP contribution in [0, 0.1) is 13.8 Å². The molecule has 0 atom stereocenters. The highest BCUT2D eigenvalue weighted by Gasteiger charge is 2.10. The van der Waals surface area contributed by atoms with Gasteiger partial charge in [-0.3, -0.25) is 5.43 Å². The Morgan fingerprint density at radius 2 is 1.96 bits per heavy atom. The van der Waals surface area contributed by atoms with Crippen LogP contribution in [0.15, 0.2) is 47.6 Å². The number of nitrogens with one attached hydrogen (secondary N) is 1. The average Bonchev–Trinajstić information content (AvgIpc) is 2.82. The minimum Gasteiger partial charge on any atom is -0.344 e. The van der Waals surface area contributed by atoms with E-state index in [1.807, 2.05) is 31.3 Å². The van der Waals surface area contributed by atoms with Gasteiger partial charge in [0.15, 0.2) is 0 Å². The Morgan fingerprint density at radius 3 is 2.70 bits per heavy atom. The van der Waals surface area contributed by atoms with Crippen molar-refractivity contribution in [2.75, 3.05) is 5.43 Å². The summed E-state index contributed by atoms with van der Waals surface area (Å²) in [6.07, 6.45) is 1.89. The van der Waals surface area contributed by atoms with Gasteiger partial charge in [-0.05, 0) is 44.5 Å². The van der Waals surface area contributed by atoms with Crippen LogP contribution in [0.2, 0.25) is 5.02 Å². The average molecular weight is 326 g/mol. The highest BCUT2D eigenvalue weighted by molar-refractivity contribution is 6.31. The van der Waals surface area contributed by atoms with Crippen molar-refractivity contribution in [3.8, 4) is 0 Å². The summed E-state index contributed by atoms with van der Waals surface area (Å²) >= 11 is 6.14. The third kappa shape index (κ3) is 2.97. The number of hydrogen-bond acceptors (Lipinski definition) is 2. The van der Waals surface area contributed by atoms with Crippen molar-refractivity contribution in [1.82, 2.24) is 4.57 Å². The SMILES string of the molecule is CCn1c(C)c(/C=N/Nc2ccc(C)c(Cl)c2)c2ccccc21. The summed E-state index contributed by atoms with van der Waals surface area (Å²) in [7, 11) is 0. The molecule has 23 heavy (non-hydrogen) atoms. The van der Waals surface area contributed by atoms with E-state index < -0.39 is 0 Å². The third-order valence-electron chi connectivity index (χ3n) is 4.16. The molecular formula is C19H20ClN3. The predicted molar refractivity (Wildman–Crippen MR) is 99.8 cm³/mol. The van der Waals surface area contributed by atoms with Crippen LogP contribution in [0.3, 0.4) is 0 Å². The van der Waals surface area contributed by atoms with E-state index in [1.165, 1.54) is 16.6 Å². The van der Waals surface area contributed by atoms with Crippen LogP contribution in [0.4, 0.5) is 5.69 Å². The summed E-state index contributed by atoms with van der Waals surface area (Å²) in [6.45, 7) is 7.22. The molecule has 1 N–H and O–H groups in total. The first-order valence-electron chi connectivity index (χ1n) is 7.75. The van der Waals surface area contributed by atoms with E-state index in [9.17, 15) is 0 Å². The highest BCUT2D eigenvalue weighted by Crippen LogP contribution is 2.24. The fourth-order valence-electron chi connectivity index (χ4n) is 2.86. The lowest BCUT2D eigenvalue weighted by Crippen LogP contribution is -1.97. The van der Waals surface area contributed by atoms with Crippen LogP contribution in [0.1, 0.15) is 23.7 Å². The number of rotatable bonds is 4. The van der Waals surface area contributed by atoms with E-state index in [4.69, 9.17) is 11.6 Å². The molecule has 2 aromatic carbocycles. The van der Waals surface area contributed by atoms with Gasteiger partial charge in [-0.15, -0.1) is 0 Å². The summed E-state index contributed by atoms with van der Waals surface area (Å²) in [4.78, 5) is 0. The Hall–Kier alpha value is -2.26. The number of anilines is 1. The van der Waals surface area contributed by atoms with Gasteiger partial charge in [0.1, 0.15) is 0 Å². The lowest BCUT2D eigenvalue weighted by molar-refractivity contribution is 0.769. The molecular weight excluding hydrogens is 306 g/mol. The standard InChI is InChI=1S/C19H20ClN3/c1-4-23-14(3)17(16-7-5-6-8-19(16)23)12-21-22-15-10-9-13(2)18(20)11-15/h5-12,22H,4H2,1-3H3/b21-12+. The quantitative estimate of drug-likeness (QED) is 0.506. The Labute approximate surface area is 141 Å². The summed E-state index contributed by atoms with van der Waals surface area (Å²) in [5.74, 6) is 0. The zero-order valence-corrected chi connectivity index (χ0v) is 14.4. The Balaban J connectivity index is 1.92. The first-order valence-corrected chi connectivity index (χ1v) is 8.12. The molecule has 1 aromatic heterocycles. The summed E-state index contributed by atoms with van der Waals surface area (Å²) < 4.78 is 2.30. The maximum atomic E-state index is 6.14. The van der Waals surface area contributed by atoms with E-state index >= 15 is 0 Å². The number of halogens is 1. The fraction of sp³-hybridized carbons (Fsp3) is 0.211. The molecule has 0 unspecified atom stereocenters. The second kappa shape index (κ2) is 6.47. The molecule has 0 amide bonds. The second-order valence-electron chi connectivity index (χ2n) is 5.59. The Kier molecular flexibility index (Phi) is 4.39. The molecule has 0 saturated carbocycles. The van der Waals surface area contributed by atoms with Gasteiger partial charge in [-0.25, -0.2) is 0 Å². The molecule has 0 radical (unpaired) electrons. The van der Waals surface area contributed by atoms with E-state index in [2.05, 4.69) is 53.2 Å². The molecule has 3 rings (SSSR count). The van der Waals surface area contributed by atoms with E-state index in [0.717, 1.165) is 28.4 Å². The number of para-hydroxylation sites is 1. The normalized spacial score (nSPS) is 11.5. The molecule has 0 aliphatic carbocycles. The lowest BCUT2D eigenvalue weighted by Gasteiger charge is -2.04. The van der Waals surface area contributed by atoms with Crippen LogP contribution in [-0.4, -0.2) is 10.8 Å². The molecule has 118 valence electrons. The Morgan fingerprint density at radius 1 is 1.17 bits per heavy atom. The molecule has 3 aromatic rings. The lowest BCUT2D eigenvalue weighted by atomic mass is 10.1. The van der Waals surface area contributed by atoms with E-state index in [1.54, 1.807) is 0 Å². The third-order valence-corrected chi connectivity index (χ3v) is 4.56. The minimum atomic E-state index is 0.740. The van der Waals surface area contributed by atoms with Gasteiger partial charge >= 0.3 is 0 Å². The van der Waals surface area contributed by atoms with Gasteiger partial charge in [0.05, 0.1) is 11.9 Å². The number of benzene rings is 2. The van der Waals surface area contributed by atoms with Crippen molar-refractivity contribution in [3.63, 3.8) is 0 Å². The molecule has 0 spiro atoms. The zero-order valence-electron chi connectivity index (χ0n) is 13.6. The smallest absolute Gasteiger partial charge is 0.0576 e. The van der Waals surface area contributed by atoms with E-state index in [0.29, 0.717) is 0 Å². The maximum Gasteiger partial charge on any atom is 0.0576 e. The van der Waals surface area contributed by atoms with Crippen LogP contribution >= 0.6 is 11.6 Å². The fourth-order valence-corrected chi connectivity index (χ4v) is 3.04. The number of aromatic nitrogens is 1. The van der Waals surface area contributed by atoms with Crippen molar-refractivity contribution in [1.29, 1.82) is 0 Å². The summed E-state index contributed by atoms with van der Waals surface area (Å²) in [5.41, 5.74) is 8.61. The van der Waals surface area contributed by atoms with Gasteiger partial charge < -0.3 is 4.57 Å². The molecule has 0 fully saturated rings. The number of aryl methyl sites for hydroxylation is 2. The zero-order chi connectivity index (χ0) is 16.4. The van der Waals surface area contributed by atoms with Crippen molar-refractivity contribution >= 4 is 34.4 Å².